The van der Waals surface area contributed by atoms with Crippen LogP contribution in [0.1, 0.15) is 121 Å². The summed E-state index contributed by atoms with van der Waals surface area (Å²) in [5, 5.41) is 11.8. The highest BCUT2D eigenvalue weighted by atomic mass is 32.1. The third kappa shape index (κ3) is 10.8. The third-order valence-corrected chi connectivity index (χ3v) is 16.8. The fourth-order valence-electron chi connectivity index (χ4n) is 11.8. The van der Waals surface area contributed by atoms with E-state index in [2.05, 4.69) is 54.6 Å². The van der Waals surface area contributed by atoms with E-state index in [1.807, 2.05) is 106 Å². The van der Waals surface area contributed by atoms with E-state index in [4.69, 9.17) is 19.6 Å². The zero-order valence-electron chi connectivity index (χ0n) is 44.2. The number of anilines is 3. The van der Waals surface area contributed by atoms with Gasteiger partial charge in [-0.2, -0.15) is 5.10 Å². The Bertz CT molecular complexity index is 3310. The first-order valence-electron chi connectivity index (χ1n) is 27.0. The fourth-order valence-corrected chi connectivity index (χ4v) is 12.7. The number of fused-ring (bicyclic) bond motifs is 3. The van der Waals surface area contributed by atoms with Gasteiger partial charge in [-0.25, -0.2) is 14.8 Å². The van der Waals surface area contributed by atoms with Crippen molar-refractivity contribution in [2.45, 2.75) is 110 Å². The summed E-state index contributed by atoms with van der Waals surface area (Å²) < 4.78 is 15.4. The van der Waals surface area contributed by atoms with Crippen LogP contribution in [0, 0.1) is 12.8 Å². The summed E-state index contributed by atoms with van der Waals surface area (Å²) in [7, 11) is 1.93. The number of nitrogens with zero attached hydrogens (tertiary/aromatic N) is 7. The lowest BCUT2D eigenvalue weighted by molar-refractivity contribution is -0.134. The Morgan fingerprint density at radius 1 is 0.829 bits per heavy atom. The van der Waals surface area contributed by atoms with Crippen molar-refractivity contribution in [3.63, 3.8) is 0 Å². The molecular weight excluding hydrogens is 975 g/mol. The van der Waals surface area contributed by atoms with E-state index in [9.17, 15) is 19.2 Å². The van der Waals surface area contributed by atoms with Crippen molar-refractivity contribution in [2.24, 2.45) is 13.0 Å². The van der Waals surface area contributed by atoms with Gasteiger partial charge in [-0.05, 0) is 175 Å². The Morgan fingerprint density at radius 2 is 1.63 bits per heavy atom. The summed E-state index contributed by atoms with van der Waals surface area (Å²) in [5.41, 5.74) is 8.42. The number of esters is 1. The average Bonchev–Trinajstić information content (AvgIpc) is 4.00. The number of rotatable bonds is 13. The van der Waals surface area contributed by atoms with E-state index in [0.717, 1.165) is 107 Å². The molecule has 0 aliphatic carbocycles. The molecule has 4 aliphatic rings. The standard InChI is InChI=1S/C60H67N9O6S/c1-37-42(43-20-22-52(62-55(43)58(73)75-60(2,3)4)69-31-26-39-12-8-14-44(47(39)36-69)56(71)64-59-61-48-15-6-7-17-51(48)76-59)13-9-16-50(37)74-34-10-11-38-24-29-67(30-25-38)40-27-32-68(33-28-40)41-18-19-45-49(35-41)66(5)65-54(45)46-21-23-53(70)63-57(46)72/h6-9,12-20,22,35,38,40,46H,10-11,21,23-34,36H2,1-5H3,(H,61,64,71)(H,63,70,72). The number of likely N-dealkylation sites (tertiary alicyclic amines) is 1. The van der Waals surface area contributed by atoms with Crippen LogP contribution in [0.4, 0.5) is 16.6 Å². The molecule has 3 aromatic heterocycles. The summed E-state index contributed by atoms with van der Waals surface area (Å²) in [4.78, 5) is 69.3. The first-order chi connectivity index (χ1) is 36.7. The number of para-hydroxylation sites is 1. The van der Waals surface area contributed by atoms with Gasteiger partial charge in [0, 0.05) is 67.9 Å². The van der Waals surface area contributed by atoms with Crippen LogP contribution in [-0.4, -0.2) is 99.3 Å². The molecule has 15 nitrogen and oxygen atoms in total. The maximum atomic E-state index is 14.1. The maximum Gasteiger partial charge on any atom is 0.358 e. The minimum absolute atomic E-state index is 0.206. The zero-order valence-corrected chi connectivity index (χ0v) is 45.0. The molecular formula is C60H67N9O6S. The van der Waals surface area contributed by atoms with Gasteiger partial charge in [0.15, 0.2) is 10.8 Å². The summed E-state index contributed by atoms with van der Waals surface area (Å²) in [6.45, 7) is 13.6. The molecule has 0 spiro atoms. The van der Waals surface area contributed by atoms with Crippen LogP contribution in [0.3, 0.4) is 0 Å². The molecule has 4 aliphatic heterocycles. The number of carbonyl (C=O) groups excluding carboxylic acids is 4. The van der Waals surface area contributed by atoms with Crippen LogP contribution < -0.4 is 25.2 Å². The maximum absolute atomic E-state index is 14.1. The number of thiazole rings is 1. The number of pyridine rings is 1. The second-order valence-electron chi connectivity index (χ2n) is 22.0. The van der Waals surface area contributed by atoms with Crippen LogP contribution in [0.15, 0.2) is 91.0 Å². The number of aryl methyl sites for hydroxylation is 1. The number of nitrogens with one attached hydrogen (secondary N) is 2. The highest BCUT2D eigenvalue weighted by molar-refractivity contribution is 7.22. The van der Waals surface area contributed by atoms with Gasteiger partial charge in [0.1, 0.15) is 17.2 Å². The van der Waals surface area contributed by atoms with Crippen LogP contribution in [0.5, 0.6) is 5.75 Å². The topological polar surface area (TPSA) is 164 Å². The van der Waals surface area contributed by atoms with Gasteiger partial charge in [-0.1, -0.05) is 47.7 Å². The largest absolute Gasteiger partial charge is 0.493 e. The Morgan fingerprint density at radius 3 is 2.42 bits per heavy atom. The Kier molecular flexibility index (Phi) is 14.4. The van der Waals surface area contributed by atoms with Gasteiger partial charge in [0.2, 0.25) is 11.8 Å². The van der Waals surface area contributed by atoms with Crippen LogP contribution >= 0.6 is 11.3 Å². The smallest absolute Gasteiger partial charge is 0.358 e. The SMILES string of the molecule is Cc1c(OCCCC2CCN(C3CCN(c4ccc5c(C6CCC(=O)NC6=O)nn(C)c5c4)CC3)CC2)cccc1-c1ccc(N2CCc3cccc(C(=O)Nc4nc5ccccc5s4)c3C2)nc1C(=O)OC(C)(C)C. The Labute approximate surface area is 448 Å². The van der Waals surface area contributed by atoms with E-state index < -0.39 is 17.5 Å². The number of aromatic nitrogens is 4. The summed E-state index contributed by atoms with van der Waals surface area (Å²) in [6, 6.07) is 30.7. The lowest BCUT2D eigenvalue weighted by atomic mass is 9.90. The summed E-state index contributed by atoms with van der Waals surface area (Å²) in [5.74, 6) is 0.522. The second-order valence-corrected chi connectivity index (χ2v) is 23.0. The molecule has 4 aromatic carbocycles. The third-order valence-electron chi connectivity index (χ3n) is 15.8. The van der Waals surface area contributed by atoms with E-state index >= 15 is 0 Å². The molecule has 1 atom stereocenters. The number of hydrogen-bond acceptors (Lipinski definition) is 13. The van der Waals surface area contributed by atoms with Crippen molar-refractivity contribution in [1.29, 1.82) is 0 Å². The number of carbonyl (C=O) groups is 4. The highest BCUT2D eigenvalue weighted by Crippen LogP contribution is 2.38. The van der Waals surface area contributed by atoms with E-state index in [1.165, 1.54) is 29.9 Å². The minimum Gasteiger partial charge on any atom is -0.493 e. The van der Waals surface area contributed by atoms with Crippen molar-refractivity contribution >= 4 is 72.8 Å². The number of ether oxygens (including phenoxy) is 2. The first kappa shape index (κ1) is 51.0. The van der Waals surface area contributed by atoms with E-state index in [0.29, 0.717) is 73.0 Å². The zero-order chi connectivity index (χ0) is 52.7. The summed E-state index contributed by atoms with van der Waals surface area (Å²) in [6.07, 6.45) is 8.28. The quantitative estimate of drug-likeness (QED) is 0.0639. The minimum atomic E-state index is -0.732. The molecule has 394 valence electrons. The van der Waals surface area contributed by atoms with E-state index in [1.54, 1.807) is 0 Å². The number of imide groups is 1. The predicted octanol–water partition coefficient (Wildman–Crippen LogP) is 10.4. The molecule has 76 heavy (non-hydrogen) atoms. The molecule has 7 aromatic rings. The monoisotopic (exact) mass is 1040 g/mol. The van der Waals surface area contributed by atoms with Crippen molar-refractivity contribution in [1.82, 2.24) is 30.0 Å². The highest BCUT2D eigenvalue weighted by Gasteiger charge is 2.34. The van der Waals surface area contributed by atoms with Crippen LogP contribution in [-0.2, 0) is 34.3 Å². The van der Waals surface area contributed by atoms with Crippen molar-refractivity contribution in [3.05, 3.63) is 125 Å². The molecule has 2 N–H and O–H groups in total. The van der Waals surface area contributed by atoms with Crippen molar-refractivity contribution in [2.75, 3.05) is 54.4 Å². The van der Waals surface area contributed by atoms with Crippen molar-refractivity contribution < 1.29 is 28.7 Å². The molecule has 3 amide bonds. The van der Waals surface area contributed by atoms with Gasteiger partial charge in [-0.15, -0.1) is 0 Å². The Balaban J connectivity index is 0.688. The number of hydrogen-bond donors (Lipinski definition) is 2. The predicted molar refractivity (Wildman–Crippen MR) is 298 cm³/mol. The molecule has 1 unspecified atom stereocenters. The summed E-state index contributed by atoms with van der Waals surface area (Å²) >= 11 is 1.45. The molecule has 0 radical (unpaired) electrons. The van der Waals surface area contributed by atoms with Gasteiger partial charge in [-0.3, -0.25) is 29.7 Å². The first-order valence-corrected chi connectivity index (χ1v) is 27.8. The molecule has 0 bridgehead atoms. The number of piperidine rings is 3. The van der Waals surface area contributed by atoms with Gasteiger partial charge in [0.05, 0.1) is 34.0 Å². The second kappa shape index (κ2) is 21.5. The Hall–Kier alpha value is -7.17. The van der Waals surface area contributed by atoms with E-state index in [-0.39, 0.29) is 23.4 Å². The molecule has 0 saturated carbocycles. The van der Waals surface area contributed by atoms with Crippen molar-refractivity contribution in [3.8, 4) is 16.9 Å². The molecule has 3 saturated heterocycles. The lowest BCUT2D eigenvalue weighted by Crippen LogP contribution is -2.47. The number of amides is 3. The molecule has 11 rings (SSSR count). The fraction of sp³-hybridized carbons (Fsp3) is 0.417. The van der Waals surface area contributed by atoms with Crippen LogP contribution in [0.25, 0.3) is 32.2 Å². The van der Waals surface area contributed by atoms with Crippen LogP contribution in [0.2, 0.25) is 0 Å². The molecule has 3 fully saturated rings. The van der Waals surface area contributed by atoms with Gasteiger partial charge >= 0.3 is 5.97 Å². The molecule has 16 heteroatoms. The van der Waals surface area contributed by atoms with Gasteiger partial charge < -0.3 is 24.2 Å². The molecule has 7 heterocycles. The van der Waals surface area contributed by atoms with Gasteiger partial charge in [0.25, 0.3) is 5.91 Å². The number of benzene rings is 4. The normalized spacial score (nSPS) is 18.0. The lowest BCUT2D eigenvalue weighted by Gasteiger charge is -2.42. The average molecular weight is 1040 g/mol.